The normalized spacial score (nSPS) is 26.4. The Hall–Kier alpha value is -1.10. The van der Waals surface area contributed by atoms with Gasteiger partial charge in [0, 0.05) is 39.1 Å². The topological polar surface area (TPSA) is 52.7 Å². The maximum atomic E-state index is 12.5. The molecule has 24 heavy (non-hydrogen) atoms. The lowest BCUT2D eigenvalue weighted by Crippen LogP contribution is -2.53. The average molecular weight is 335 g/mol. The number of nitrogens with zero attached hydrogens (tertiary/aromatic N) is 2. The van der Waals surface area contributed by atoms with Crippen molar-refractivity contribution in [2.24, 2.45) is 11.8 Å². The minimum absolute atomic E-state index is 0.146. The number of rotatable bonds is 4. The van der Waals surface area contributed by atoms with Crippen LogP contribution in [0.2, 0.25) is 0 Å². The maximum absolute atomic E-state index is 12.5. The van der Waals surface area contributed by atoms with Crippen LogP contribution in [-0.4, -0.2) is 60.9 Å². The molecule has 0 spiro atoms. The standard InChI is InChI=1S/C19H33N3O2/c23-18(9-8-16-5-2-1-3-6-16)21-11-13-22(14-12-21)19(24)17-7-4-10-20-15-17/h16-17,20H,1-15H2. The van der Waals surface area contributed by atoms with Crippen molar-refractivity contribution in [3.8, 4) is 0 Å². The van der Waals surface area contributed by atoms with Crippen LogP contribution in [0, 0.1) is 11.8 Å². The van der Waals surface area contributed by atoms with E-state index in [-0.39, 0.29) is 11.8 Å². The highest BCUT2D eigenvalue weighted by atomic mass is 16.2. The van der Waals surface area contributed by atoms with E-state index in [2.05, 4.69) is 5.32 Å². The van der Waals surface area contributed by atoms with Gasteiger partial charge in [0.05, 0.1) is 5.92 Å². The van der Waals surface area contributed by atoms with Gasteiger partial charge in [-0.15, -0.1) is 0 Å². The van der Waals surface area contributed by atoms with Gasteiger partial charge in [0.15, 0.2) is 0 Å². The molecule has 136 valence electrons. The highest BCUT2D eigenvalue weighted by Crippen LogP contribution is 2.27. The van der Waals surface area contributed by atoms with E-state index in [0.29, 0.717) is 25.4 Å². The Labute approximate surface area is 146 Å². The third-order valence-electron chi connectivity index (χ3n) is 6.08. The predicted octanol–water partition coefficient (Wildman–Crippen LogP) is 2.02. The van der Waals surface area contributed by atoms with Crippen LogP contribution in [0.25, 0.3) is 0 Å². The van der Waals surface area contributed by atoms with Crippen LogP contribution in [0.1, 0.15) is 57.8 Å². The zero-order chi connectivity index (χ0) is 16.8. The number of nitrogens with one attached hydrogen (secondary N) is 1. The lowest BCUT2D eigenvalue weighted by atomic mass is 9.86. The number of carbonyl (C=O) groups is 2. The molecule has 5 heteroatoms. The maximum Gasteiger partial charge on any atom is 0.227 e. The molecule has 1 unspecified atom stereocenters. The number of carbonyl (C=O) groups excluding carboxylic acids is 2. The number of piperidine rings is 1. The largest absolute Gasteiger partial charge is 0.339 e. The van der Waals surface area contributed by atoms with Crippen LogP contribution in [-0.2, 0) is 9.59 Å². The summed E-state index contributed by atoms with van der Waals surface area (Å²) in [5.74, 6) is 1.50. The fourth-order valence-corrected chi connectivity index (χ4v) is 4.46. The SMILES string of the molecule is O=C(CCC1CCCCC1)N1CCN(C(=O)C2CCCNC2)CC1. The molecule has 3 fully saturated rings. The first-order chi connectivity index (χ1) is 11.7. The second kappa shape index (κ2) is 8.84. The summed E-state index contributed by atoms with van der Waals surface area (Å²) in [5, 5.41) is 3.32. The molecule has 2 amide bonds. The zero-order valence-corrected chi connectivity index (χ0v) is 15.0. The predicted molar refractivity (Wildman–Crippen MR) is 94.6 cm³/mol. The monoisotopic (exact) mass is 335 g/mol. The van der Waals surface area contributed by atoms with E-state index in [1.165, 1.54) is 32.1 Å². The minimum Gasteiger partial charge on any atom is -0.339 e. The molecule has 3 aliphatic rings. The third-order valence-corrected chi connectivity index (χ3v) is 6.08. The van der Waals surface area contributed by atoms with Crippen molar-refractivity contribution in [3.63, 3.8) is 0 Å². The lowest BCUT2D eigenvalue weighted by Gasteiger charge is -2.37. The lowest BCUT2D eigenvalue weighted by molar-refractivity contribution is -0.142. The fourth-order valence-electron chi connectivity index (χ4n) is 4.46. The van der Waals surface area contributed by atoms with E-state index < -0.39 is 0 Å². The van der Waals surface area contributed by atoms with E-state index in [9.17, 15) is 9.59 Å². The van der Waals surface area contributed by atoms with Crippen molar-refractivity contribution in [2.75, 3.05) is 39.3 Å². The summed E-state index contributed by atoms with van der Waals surface area (Å²) in [6, 6.07) is 0. The van der Waals surface area contributed by atoms with Gasteiger partial charge >= 0.3 is 0 Å². The zero-order valence-electron chi connectivity index (χ0n) is 15.0. The summed E-state index contributed by atoms with van der Waals surface area (Å²) in [6.45, 7) is 4.71. The number of hydrogen-bond donors (Lipinski definition) is 1. The van der Waals surface area contributed by atoms with Crippen molar-refractivity contribution in [2.45, 2.75) is 57.8 Å². The summed E-state index contributed by atoms with van der Waals surface area (Å²) >= 11 is 0. The summed E-state index contributed by atoms with van der Waals surface area (Å²) in [6.07, 6.45) is 10.5. The Kier molecular flexibility index (Phi) is 6.52. The fraction of sp³-hybridized carbons (Fsp3) is 0.895. The van der Waals surface area contributed by atoms with Crippen molar-refractivity contribution in [1.29, 1.82) is 0 Å². The van der Waals surface area contributed by atoms with Crippen LogP contribution in [0.15, 0.2) is 0 Å². The van der Waals surface area contributed by atoms with Crippen molar-refractivity contribution < 1.29 is 9.59 Å². The van der Waals surface area contributed by atoms with Crippen molar-refractivity contribution >= 4 is 11.8 Å². The van der Waals surface area contributed by atoms with E-state index in [0.717, 1.165) is 51.4 Å². The molecule has 0 aromatic heterocycles. The molecule has 0 bridgehead atoms. The van der Waals surface area contributed by atoms with Gasteiger partial charge in [0.2, 0.25) is 11.8 Å². The van der Waals surface area contributed by atoms with Crippen LogP contribution >= 0.6 is 0 Å². The van der Waals surface area contributed by atoms with Gasteiger partial charge < -0.3 is 15.1 Å². The van der Waals surface area contributed by atoms with Crippen LogP contribution in [0.5, 0.6) is 0 Å². The molecular formula is C19H33N3O2. The molecule has 5 nitrogen and oxygen atoms in total. The third kappa shape index (κ3) is 4.71. The van der Waals surface area contributed by atoms with Gasteiger partial charge in [-0.25, -0.2) is 0 Å². The van der Waals surface area contributed by atoms with Gasteiger partial charge in [0.1, 0.15) is 0 Å². The summed E-state index contributed by atoms with van der Waals surface area (Å²) in [4.78, 5) is 28.9. The first-order valence-electron chi connectivity index (χ1n) is 10.0. The number of piperazine rings is 1. The Morgan fingerprint density at radius 3 is 2.25 bits per heavy atom. The molecule has 3 rings (SSSR count). The van der Waals surface area contributed by atoms with Crippen molar-refractivity contribution in [1.82, 2.24) is 15.1 Å². The van der Waals surface area contributed by atoms with Gasteiger partial charge in [-0.2, -0.15) is 0 Å². The second-order valence-electron chi connectivity index (χ2n) is 7.79. The van der Waals surface area contributed by atoms with Crippen molar-refractivity contribution in [3.05, 3.63) is 0 Å². The molecule has 2 saturated heterocycles. The van der Waals surface area contributed by atoms with Gasteiger partial charge in [0.25, 0.3) is 0 Å². The molecule has 1 aliphatic carbocycles. The molecule has 1 N–H and O–H groups in total. The molecule has 0 aromatic rings. The molecule has 0 aromatic carbocycles. The molecule has 0 radical (unpaired) electrons. The molecule has 1 atom stereocenters. The quantitative estimate of drug-likeness (QED) is 0.855. The van der Waals surface area contributed by atoms with Crippen LogP contribution in [0.3, 0.4) is 0 Å². The highest BCUT2D eigenvalue weighted by molar-refractivity contribution is 5.80. The molecule has 2 heterocycles. The highest BCUT2D eigenvalue weighted by Gasteiger charge is 2.29. The summed E-state index contributed by atoms with van der Waals surface area (Å²) < 4.78 is 0. The van der Waals surface area contributed by atoms with Gasteiger partial charge in [-0.05, 0) is 31.7 Å². The second-order valence-corrected chi connectivity index (χ2v) is 7.79. The first kappa shape index (κ1) is 17.7. The van der Waals surface area contributed by atoms with Gasteiger partial charge in [-0.3, -0.25) is 9.59 Å². The first-order valence-corrected chi connectivity index (χ1v) is 10.0. The Morgan fingerprint density at radius 2 is 1.58 bits per heavy atom. The Balaban J connectivity index is 1.37. The minimum atomic E-state index is 0.146. The molecule has 2 aliphatic heterocycles. The summed E-state index contributed by atoms with van der Waals surface area (Å²) in [7, 11) is 0. The number of amides is 2. The Bertz CT molecular complexity index is 420. The van der Waals surface area contributed by atoms with Gasteiger partial charge in [-0.1, -0.05) is 32.1 Å². The smallest absolute Gasteiger partial charge is 0.227 e. The van der Waals surface area contributed by atoms with E-state index in [1.807, 2.05) is 9.80 Å². The van der Waals surface area contributed by atoms with E-state index >= 15 is 0 Å². The number of hydrogen-bond acceptors (Lipinski definition) is 3. The average Bonchev–Trinajstić information content (AvgIpc) is 2.67. The van der Waals surface area contributed by atoms with E-state index in [4.69, 9.17) is 0 Å². The van der Waals surface area contributed by atoms with E-state index in [1.54, 1.807) is 0 Å². The molecular weight excluding hydrogens is 302 g/mol. The van der Waals surface area contributed by atoms with Crippen LogP contribution in [0.4, 0.5) is 0 Å². The Morgan fingerprint density at radius 1 is 0.875 bits per heavy atom. The van der Waals surface area contributed by atoms with Crippen LogP contribution < -0.4 is 5.32 Å². The molecule has 1 saturated carbocycles. The summed E-state index contributed by atoms with van der Waals surface area (Å²) in [5.41, 5.74) is 0.